The number of hydrogen-bond acceptors (Lipinski definition) is 3. The number of aromatic amines is 1. The van der Waals surface area contributed by atoms with Crippen molar-refractivity contribution in [2.75, 3.05) is 0 Å². The highest BCUT2D eigenvalue weighted by Gasteiger charge is 2.02. The Morgan fingerprint density at radius 2 is 2.33 bits per heavy atom. The fourth-order valence-electron chi connectivity index (χ4n) is 1.34. The number of nitrogens with zero attached hydrogens (tertiary/aromatic N) is 2. The molecule has 0 aliphatic carbocycles. The second-order valence-corrected chi connectivity index (χ2v) is 3.45. The normalized spacial score (nSPS) is 11.3. The Labute approximate surface area is 72.1 Å². The van der Waals surface area contributed by atoms with E-state index in [0.717, 1.165) is 16.4 Å². The van der Waals surface area contributed by atoms with Crippen LogP contribution in [0, 0.1) is 0 Å². The molecule has 0 saturated heterocycles. The van der Waals surface area contributed by atoms with Crippen LogP contribution in [0.5, 0.6) is 0 Å². The lowest BCUT2D eigenvalue weighted by molar-refractivity contribution is 1.12. The number of fused-ring (bicyclic) bond motifs is 3. The van der Waals surface area contributed by atoms with Gasteiger partial charge in [0.2, 0.25) is 0 Å². The van der Waals surface area contributed by atoms with Crippen LogP contribution in [0.25, 0.3) is 21.1 Å². The molecule has 12 heavy (non-hydrogen) atoms. The average Bonchev–Trinajstić information content (AvgIpc) is 2.71. The van der Waals surface area contributed by atoms with Crippen LogP contribution in [-0.2, 0) is 0 Å². The summed E-state index contributed by atoms with van der Waals surface area (Å²) in [4.78, 5) is 4.23. The molecule has 0 unspecified atom stereocenters. The number of rotatable bonds is 0. The van der Waals surface area contributed by atoms with Gasteiger partial charge in [-0.05, 0) is 12.1 Å². The largest absolute Gasteiger partial charge is 0.278 e. The summed E-state index contributed by atoms with van der Waals surface area (Å²) in [6, 6.07) is 4.01. The van der Waals surface area contributed by atoms with Gasteiger partial charge in [0.25, 0.3) is 0 Å². The summed E-state index contributed by atoms with van der Waals surface area (Å²) in [5, 5.41) is 8.08. The first-order valence-electron chi connectivity index (χ1n) is 3.60. The summed E-state index contributed by atoms with van der Waals surface area (Å²) < 4.78 is 1.21. The van der Waals surface area contributed by atoms with Crippen LogP contribution in [-0.4, -0.2) is 15.2 Å². The maximum absolute atomic E-state index is 4.23. The first kappa shape index (κ1) is 6.14. The van der Waals surface area contributed by atoms with Gasteiger partial charge in [-0.15, -0.1) is 11.3 Å². The van der Waals surface area contributed by atoms with Gasteiger partial charge in [-0.1, -0.05) is 0 Å². The Balaban J connectivity index is 2.71. The highest BCUT2D eigenvalue weighted by molar-refractivity contribution is 7.17. The van der Waals surface area contributed by atoms with Gasteiger partial charge in [0.05, 0.1) is 27.4 Å². The Bertz CT molecular complexity index is 487. The Hall–Kier alpha value is -1.42. The van der Waals surface area contributed by atoms with Crippen LogP contribution < -0.4 is 0 Å². The smallest absolute Gasteiger partial charge is 0.0820 e. The number of thiazole rings is 1. The summed E-state index contributed by atoms with van der Waals surface area (Å²) in [6.45, 7) is 0. The molecule has 0 amide bonds. The number of aromatic nitrogens is 3. The maximum atomic E-state index is 4.23. The third-order valence-electron chi connectivity index (χ3n) is 1.92. The molecule has 3 rings (SSSR count). The van der Waals surface area contributed by atoms with Crippen molar-refractivity contribution in [3.63, 3.8) is 0 Å². The van der Waals surface area contributed by atoms with Gasteiger partial charge in [-0.2, -0.15) is 5.10 Å². The van der Waals surface area contributed by atoms with Gasteiger partial charge in [0, 0.05) is 5.39 Å². The molecule has 1 N–H and O–H groups in total. The quantitative estimate of drug-likeness (QED) is 0.569. The predicted molar refractivity (Wildman–Crippen MR) is 49.3 cm³/mol. The fraction of sp³-hybridized carbons (Fsp3) is 0. The van der Waals surface area contributed by atoms with E-state index in [-0.39, 0.29) is 0 Å². The maximum Gasteiger partial charge on any atom is 0.0820 e. The molecule has 0 saturated carbocycles. The zero-order valence-corrected chi connectivity index (χ0v) is 6.93. The molecule has 2 heterocycles. The second kappa shape index (κ2) is 2.04. The van der Waals surface area contributed by atoms with Crippen LogP contribution in [0.2, 0.25) is 0 Å². The SMILES string of the molecule is c1nc2ccc3[nH]ncc3c2s1. The van der Waals surface area contributed by atoms with Gasteiger partial charge < -0.3 is 0 Å². The minimum absolute atomic E-state index is 1.05. The molecule has 58 valence electrons. The summed E-state index contributed by atoms with van der Waals surface area (Å²) in [7, 11) is 0. The van der Waals surface area contributed by atoms with Crippen molar-refractivity contribution >= 4 is 32.5 Å². The number of benzene rings is 1. The first-order valence-corrected chi connectivity index (χ1v) is 4.48. The molecular weight excluding hydrogens is 170 g/mol. The summed E-state index contributed by atoms with van der Waals surface area (Å²) in [6.07, 6.45) is 1.84. The molecule has 0 spiro atoms. The molecule has 3 nitrogen and oxygen atoms in total. The lowest BCUT2D eigenvalue weighted by atomic mass is 10.2. The lowest BCUT2D eigenvalue weighted by Crippen LogP contribution is -1.68. The molecule has 0 bridgehead atoms. The molecule has 2 aromatic heterocycles. The van der Waals surface area contributed by atoms with Crippen LogP contribution in [0.1, 0.15) is 0 Å². The van der Waals surface area contributed by atoms with E-state index in [9.17, 15) is 0 Å². The summed E-state index contributed by atoms with van der Waals surface area (Å²) in [5.74, 6) is 0. The van der Waals surface area contributed by atoms with E-state index in [1.807, 2.05) is 23.8 Å². The first-order chi connectivity index (χ1) is 5.95. The van der Waals surface area contributed by atoms with Crippen molar-refractivity contribution in [3.05, 3.63) is 23.8 Å². The highest BCUT2D eigenvalue weighted by Crippen LogP contribution is 2.25. The standard InChI is InChI=1S/C8H5N3S/c1-2-7-8(12-4-9-7)5-3-10-11-6(1)5/h1-4H,(H,10,11). The third-order valence-corrected chi connectivity index (χ3v) is 2.79. The average molecular weight is 175 g/mol. The highest BCUT2D eigenvalue weighted by atomic mass is 32.1. The van der Waals surface area contributed by atoms with Crippen molar-refractivity contribution < 1.29 is 0 Å². The van der Waals surface area contributed by atoms with Gasteiger partial charge in [0.1, 0.15) is 0 Å². The number of H-pyrrole nitrogens is 1. The molecule has 0 fully saturated rings. The third kappa shape index (κ3) is 0.648. The van der Waals surface area contributed by atoms with Crippen molar-refractivity contribution in [2.24, 2.45) is 0 Å². The topological polar surface area (TPSA) is 41.6 Å². The Morgan fingerprint density at radius 1 is 1.33 bits per heavy atom. The minimum atomic E-state index is 1.05. The van der Waals surface area contributed by atoms with E-state index >= 15 is 0 Å². The minimum Gasteiger partial charge on any atom is -0.278 e. The van der Waals surface area contributed by atoms with Crippen LogP contribution >= 0.6 is 11.3 Å². The molecule has 1 aromatic carbocycles. The van der Waals surface area contributed by atoms with E-state index in [2.05, 4.69) is 15.2 Å². The van der Waals surface area contributed by atoms with Gasteiger partial charge in [0.15, 0.2) is 0 Å². The lowest BCUT2D eigenvalue weighted by Gasteiger charge is -1.88. The van der Waals surface area contributed by atoms with Crippen molar-refractivity contribution in [2.45, 2.75) is 0 Å². The van der Waals surface area contributed by atoms with E-state index < -0.39 is 0 Å². The van der Waals surface area contributed by atoms with Crippen molar-refractivity contribution in [3.8, 4) is 0 Å². The molecule has 4 heteroatoms. The monoisotopic (exact) mass is 175 g/mol. The second-order valence-electron chi connectivity index (χ2n) is 2.60. The zero-order valence-electron chi connectivity index (χ0n) is 6.11. The van der Waals surface area contributed by atoms with Gasteiger partial charge in [-0.25, -0.2) is 4.98 Å². The summed E-state index contributed by atoms with van der Waals surface area (Å²) in [5.41, 5.74) is 3.98. The van der Waals surface area contributed by atoms with Crippen LogP contribution in [0.4, 0.5) is 0 Å². The molecule has 0 aliphatic heterocycles. The van der Waals surface area contributed by atoms with Gasteiger partial charge in [-0.3, -0.25) is 5.10 Å². The Morgan fingerprint density at radius 3 is 3.33 bits per heavy atom. The molecular formula is C8H5N3S. The van der Waals surface area contributed by atoms with Crippen molar-refractivity contribution in [1.82, 2.24) is 15.2 Å². The molecule has 0 aliphatic rings. The van der Waals surface area contributed by atoms with Crippen molar-refractivity contribution in [1.29, 1.82) is 0 Å². The Kier molecular flexibility index (Phi) is 1.04. The zero-order chi connectivity index (χ0) is 7.97. The molecule has 0 radical (unpaired) electrons. The van der Waals surface area contributed by atoms with E-state index in [4.69, 9.17) is 0 Å². The molecule has 3 aromatic rings. The summed E-state index contributed by atoms with van der Waals surface area (Å²) >= 11 is 1.65. The predicted octanol–water partition coefficient (Wildman–Crippen LogP) is 2.17. The van der Waals surface area contributed by atoms with E-state index in [1.165, 1.54) is 4.70 Å². The number of hydrogen-bond donors (Lipinski definition) is 1. The van der Waals surface area contributed by atoms with E-state index in [0.29, 0.717) is 0 Å². The molecule has 0 atom stereocenters. The fourth-order valence-corrected chi connectivity index (χ4v) is 2.14. The van der Waals surface area contributed by atoms with E-state index in [1.54, 1.807) is 11.3 Å². The van der Waals surface area contributed by atoms with Crippen LogP contribution in [0.3, 0.4) is 0 Å². The van der Waals surface area contributed by atoms with Gasteiger partial charge >= 0.3 is 0 Å². The van der Waals surface area contributed by atoms with Crippen LogP contribution in [0.15, 0.2) is 23.8 Å². The number of nitrogens with one attached hydrogen (secondary N) is 1.